The van der Waals surface area contributed by atoms with Crippen molar-refractivity contribution in [3.63, 3.8) is 0 Å². The largest absolute Gasteiger partial charge is 0.372 e. The van der Waals surface area contributed by atoms with Gasteiger partial charge in [0.05, 0.1) is 5.52 Å². The Morgan fingerprint density at radius 2 is 2.42 bits per heavy atom. The van der Waals surface area contributed by atoms with Gasteiger partial charge in [-0.25, -0.2) is 0 Å². The number of rotatable bonds is 2. The molecule has 0 aliphatic carbocycles. The second-order valence-electron chi connectivity index (χ2n) is 2.60. The average molecular weight is 165 g/mol. The first-order valence-corrected chi connectivity index (χ1v) is 3.87. The zero-order valence-electron chi connectivity index (χ0n) is 6.81. The third-order valence-corrected chi connectivity index (χ3v) is 1.66. The Kier molecular flexibility index (Phi) is 1.43. The molecule has 0 amide bonds. The van der Waals surface area contributed by atoms with Gasteiger partial charge in [-0.2, -0.15) is 4.98 Å². The van der Waals surface area contributed by atoms with Crippen LogP contribution < -0.4 is 11.1 Å². The number of hydrogen-bond acceptors (Lipinski definition) is 3. The normalized spacial score (nSPS) is 10.8. The molecule has 0 saturated heterocycles. The predicted octanol–water partition coefficient (Wildman–Crippen LogP) is 0.905. The fraction of sp³-hybridized carbons (Fsp3) is 0.286. The minimum Gasteiger partial charge on any atom is -0.372 e. The van der Waals surface area contributed by atoms with E-state index in [1.54, 1.807) is 0 Å². The van der Waals surface area contributed by atoms with Gasteiger partial charge in [0.25, 0.3) is 0 Å². The number of aromatic nitrogens is 3. The van der Waals surface area contributed by atoms with Crippen molar-refractivity contribution in [1.82, 2.24) is 15.0 Å². The number of nitrogens with two attached hydrogens (primary N) is 1. The van der Waals surface area contributed by atoms with Gasteiger partial charge in [-0.1, -0.05) is 0 Å². The molecular weight excluding hydrogens is 154 g/mol. The maximum absolute atomic E-state index is 5.45. The number of H-pyrrole nitrogens is 2. The molecule has 2 heterocycles. The topological polar surface area (TPSA) is 82.5 Å². The molecule has 0 aliphatic rings. The van der Waals surface area contributed by atoms with E-state index in [4.69, 9.17) is 5.73 Å². The summed E-state index contributed by atoms with van der Waals surface area (Å²) in [7, 11) is 0. The van der Waals surface area contributed by atoms with Crippen LogP contribution in [0.1, 0.15) is 6.92 Å². The number of aromatic amines is 2. The quantitative estimate of drug-likeness (QED) is 0.533. The van der Waals surface area contributed by atoms with Gasteiger partial charge in [0.1, 0.15) is 5.82 Å². The molecule has 0 radical (unpaired) electrons. The highest BCUT2D eigenvalue weighted by atomic mass is 15.1. The number of fused-ring (bicyclic) bond motifs is 1. The Morgan fingerprint density at radius 1 is 1.58 bits per heavy atom. The van der Waals surface area contributed by atoms with Crippen LogP contribution in [-0.2, 0) is 0 Å². The number of nitrogens with one attached hydrogen (secondary N) is 3. The Bertz CT molecular complexity index is 354. The van der Waals surface area contributed by atoms with E-state index >= 15 is 0 Å². The minimum absolute atomic E-state index is 0.444. The van der Waals surface area contributed by atoms with E-state index in [0.29, 0.717) is 5.95 Å². The molecule has 5 heteroatoms. The van der Waals surface area contributed by atoms with Gasteiger partial charge in [-0.05, 0) is 6.92 Å². The van der Waals surface area contributed by atoms with Crippen molar-refractivity contribution in [2.24, 2.45) is 0 Å². The monoisotopic (exact) mass is 165 g/mol. The fourth-order valence-electron chi connectivity index (χ4n) is 1.20. The molecule has 0 bridgehead atoms. The van der Waals surface area contributed by atoms with Crippen LogP contribution in [0.4, 0.5) is 11.8 Å². The van der Waals surface area contributed by atoms with E-state index in [1.165, 1.54) is 0 Å². The van der Waals surface area contributed by atoms with Gasteiger partial charge >= 0.3 is 0 Å². The standard InChI is InChI=1S/C7H11N5/c1-2-9-5-3-4-6(11-5)12-7(8)10-4/h3,9,11H,2H2,1H3,(H3,8,10,12). The highest BCUT2D eigenvalue weighted by molar-refractivity contribution is 5.78. The van der Waals surface area contributed by atoms with Crippen LogP contribution in [0.2, 0.25) is 0 Å². The molecule has 64 valence electrons. The van der Waals surface area contributed by atoms with E-state index in [9.17, 15) is 0 Å². The molecule has 0 spiro atoms. The second kappa shape index (κ2) is 2.44. The first-order chi connectivity index (χ1) is 5.79. The molecule has 0 saturated carbocycles. The van der Waals surface area contributed by atoms with Crippen molar-refractivity contribution >= 4 is 22.9 Å². The summed E-state index contributed by atoms with van der Waals surface area (Å²) in [5, 5.41) is 3.15. The molecule has 0 unspecified atom stereocenters. The Morgan fingerprint density at radius 3 is 3.08 bits per heavy atom. The Labute approximate surface area is 69.4 Å². The summed E-state index contributed by atoms with van der Waals surface area (Å²) >= 11 is 0. The number of imidazole rings is 1. The highest BCUT2D eigenvalue weighted by Crippen LogP contribution is 2.16. The summed E-state index contributed by atoms with van der Waals surface area (Å²) in [5.41, 5.74) is 7.18. The van der Waals surface area contributed by atoms with Gasteiger partial charge in [0.2, 0.25) is 0 Å². The van der Waals surface area contributed by atoms with Crippen molar-refractivity contribution in [1.29, 1.82) is 0 Å². The van der Waals surface area contributed by atoms with E-state index in [1.807, 2.05) is 13.0 Å². The van der Waals surface area contributed by atoms with Gasteiger partial charge < -0.3 is 21.0 Å². The zero-order chi connectivity index (χ0) is 8.55. The molecule has 5 N–H and O–H groups in total. The molecule has 0 aromatic carbocycles. The molecule has 12 heavy (non-hydrogen) atoms. The Balaban J connectivity index is 2.43. The van der Waals surface area contributed by atoms with Crippen molar-refractivity contribution < 1.29 is 0 Å². The third kappa shape index (κ3) is 0.990. The van der Waals surface area contributed by atoms with Crippen molar-refractivity contribution in [3.8, 4) is 0 Å². The average Bonchev–Trinajstić information content (AvgIpc) is 2.44. The van der Waals surface area contributed by atoms with Crippen LogP contribution >= 0.6 is 0 Å². The molecule has 2 aromatic rings. The van der Waals surface area contributed by atoms with Crippen molar-refractivity contribution in [2.45, 2.75) is 6.92 Å². The summed E-state index contributed by atoms with van der Waals surface area (Å²) in [6.07, 6.45) is 0. The van der Waals surface area contributed by atoms with Crippen LogP contribution in [0.15, 0.2) is 6.07 Å². The SMILES string of the molecule is CCNc1cc2[nH]c(N)nc2[nH]1. The van der Waals surface area contributed by atoms with Crippen LogP contribution in [0.5, 0.6) is 0 Å². The minimum atomic E-state index is 0.444. The number of nitrogens with zero attached hydrogens (tertiary/aromatic N) is 1. The van der Waals surface area contributed by atoms with E-state index in [2.05, 4.69) is 20.3 Å². The summed E-state index contributed by atoms with van der Waals surface area (Å²) in [6, 6.07) is 1.95. The molecule has 2 aromatic heterocycles. The van der Waals surface area contributed by atoms with Gasteiger partial charge in [0.15, 0.2) is 11.6 Å². The summed E-state index contributed by atoms with van der Waals surface area (Å²) in [6.45, 7) is 2.93. The first kappa shape index (κ1) is 7.02. The maximum atomic E-state index is 5.45. The van der Waals surface area contributed by atoms with E-state index < -0.39 is 0 Å². The van der Waals surface area contributed by atoms with Crippen LogP contribution in [0, 0.1) is 0 Å². The third-order valence-electron chi connectivity index (χ3n) is 1.66. The summed E-state index contributed by atoms with van der Waals surface area (Å²) in [4.78, 5) is 10.1. The number of anilines is 2. The first-order valence-electron chi connectivity index (χ1n) is 3.87. The molecule has 0 aliphatic heterocycles. The highest BCUT2D eigenvalue weighted by Gasteiger charge is 2.02. The second-order valence-corrected chi connectivity index (χ2v) is 2.60. The summed E-state index contributed by atoms with van der Waals surface area (Å²) < 4.78 is 0. The van der Waals surface area contributed by atoms with Gasteiger partial charge in [-0.3, -0.25) is 0 Å². The number of hydrogen-bond donors (Lipinski definition) is 4. The van der Waals surface area contributed by atoms with Crippen LogP contribution in [-0.4, -0.2) is 21.5 Å². The zero-order valence-corrected chi connectivity index (χ0v) is 6.81. The van der Waals surface area contributed by atoms with Gasteiger partial charge in [-0.15, -0.1) is 0 Å². The van der Waals surface area contributed by atoms with Gasteiger partial charge in [0, 0.05) is 12.6 Å². The molecule has 2 rings (SSSR count). The van der Waals surface area contributed by atoms with Crippen LogP contribution in [0.25, 0.3) is 11.2 Å². The molecular formula is C7H11N5. The lowest BCUT2D eigenvalue weighted by Gasteiger charge is -1.95. The summed E-state index contributed by atoms with van der Waals surface area (Å²) in [5.74, 6) is 1.41. The maximum Gasteiger partial charge on any atom is 0.199 e. The van der Waals surface area contributed by atoms with E-state index in [-0.39, 0.29) is 0 Å². The van der Waals surface area contributed by atoms with Crippen molar-refractivity contribution in [3.05, 3.63) is 6.07 Å². The molecule has 0 atom stereocenters. The fourth-order valence-corrected chi connectivity index (χ4v) is 1.20. The van der Waals surface area contributed by atoms with Crippen molar-refractivity contribution in [2.75, 3.05) is 17.6 Å². The number of nitrogen functional groups attached to an aromatic ring is 1. The lowest BCUT2D eigenvalue weighted by atomic mass is 10.5. The lowest BCUT2D eigenvalue weighted by molar-refractivity contribution is 1.18. The molecule has 0 fully saturated rings. The Hall–Kier alpha value is -1.65. The molecule has 5 nitrogen and oxygen atoms in total. The smallest absolute Gasteiger partial charge is 0.199 e. The predicted molar refractivity (Wildman–Crippen MR) is 49.0 cm³/mol. The lowest BCUT2D eigenvalue weighted by Crippen LogP contribution is -1.96. The van der Waals surface area contributed by atoms with E-state index in [0.717, 1.165) is 23.5 Å². The van der Waals surface area contributed by atoms with Crippen LogP contribution in [0.3, 0.4) is 0 Å².